The zero-order valence-corrected chi connectivity index (χ0v) is 15.9. The molecule has 5 nitrogen and oxygen atoms in total. The van der Waals surface area contributed by atoms with E-state index in [-0.39, 0.29) is 24.9 Å². The average Bonchev–Trinajstić information content (AvgIpc) is 3.43. The van der Waals surface area contributed by atoms with E-state index in [0.29, 0.717) is 28.8 Å². The highest BCUT2D eigenvalue weighted by Crippen LogP contribution is 2.31. The smallest absolute Gasteiger partial charge is 0.247 e. The van der Waals surface area contributed by atoms with Gasteiger partial charge in [0.25, 0.3) is 0 Å². The van der Waals surface area contributed by atoms with Crippen molar-refractivity contribution < 1.29 is 13.6 Å². The van der Waals surface area contributed by atoms with E-state index in [9.17, 15) is 9.18 Å². The number of benzene rings is 2. The molecule has 0 bridgehead atoms. The average molecular weight is 400 g/mol. The number of aryl methyl sites for hydroxylation is 1. The topological polar surface area (TPSA) is 59.2 Å². The van der Waals surface area contributed by atoms with Gasteiger partial charge < -0.3 is 9.32 Å². The lowest BCUT2D eigenvalue weighted by atomic mass is 10.1. The van der Waals surface area contributed by atoms with Crippen LogP contribution >= 0.6 is 11.6 Å². The number of rotatable bonds is 7. The molecule has 4 rings (SSSR count). The van der Waals surface area contributed by atoms with Gasteiger partial charge in [-0.1, -0.05) is 35.9 Å². The molecule has 28 heavy (non-hydrogen) atoms. The summed E-state index contributed by atoms with van der Waals surface area (Å²) in [6, 6.07) is 14.2. The minimum absolute atomic E-state index is 0.0683. The summed E-state index contributed by atoms with van der Waals surface area (Å²) in [7, 11) is 0. The molecule has 0 N–H and O–H groups in total. The number of carbonyl (C=O) groups is 1. The van der Waals surface area contributed by atoms with Crippen LogP contribution in [0.15, 0.2) is 52.9 Å². The Labute approximate surface area is 167 Å². The third-order valence-corrected chi connectivity index (χ3v) is 5.09. The summed E-state index contributed by atoms with van der Waals surface area (Å²) in [5.41, 5.74) is 1.19. The van der Waals surface area contributed by atoms with Crippen molar-refractivity contribution in [3.8, 4) is 11.5 Å². The van der Waals surface area contributed by atoms with Crippen molar-refractivity contribution >= 4 is 17.5 Å². The van der Waals surface area contributed by atoms with E-state index in [4.69, 9.17) is 16.0 Å². The molecule has 0 aliphatic heterocycles. The number of hydrogen-bond acceptors (Lipinski definition) is 4. The Kier molecular flexibility index (Phi) is 5.39. The fraction of sp³-hybridized carbons (Fsp3) is 0.286. The molecule has 0 spiro atoms. The van der Waals surface area contributed by atoms with Crippen molar-refractivity contribution in [2.24, 2.45) is 0 Å². The Morgan fingerprint density at radius 2 is 1.93 bits per heavy atom. The minimum Gasteiger partial charge on any atom is -0.421 e. The molecule has 0 atom stereocenters. The third kappa shape index (κ3) is 4.22. The summed E-state index contributed by atoms with van der Waals surface area (Å²) in [5, 5.41) is 8.40. The maximum absolute atomic E-state index is 14.1. The number of hydrogen-bond donors (Lipinski definition) is 0. The Balaban J connectivity index is 1.41. The van der Waals surface area contributed by atoms with Crippen LogP contribution < -0.4 is 0 Å². The summed E-state index contributed by atoms with van der Waals surface area (Å²) >= 11 is 6.13. The van der Waals surface area contributed by atoms with Gasteiger partial charge in [-0.05, 0) is 37.1 Å². The number of carbonyl (C=O) groups excluding carboxylic acids is 1. The van der Waals surface area contributed by atoms with Crippen LogP contribution in [0.4, 0.5) is 4.39 Å². The van der Waals surface area contributed by atoms with E-state index in [1.807, 2.05) is 30.3 Å². The van der Waals surface area contributed by atoms with Gasteiger partial charge in [-0.15, -0.1) is 10.2 Å². The first-order valence-electron chi connectivity index (χ1n) is 9.22. The molecule has 3 aromatic rings. The zero-order valence-electron chi connectivity index (χ0n) is 15.1. The maximum atomic E-state index is 14.1. The van der Waals surface area contributed by atoms with Crippen molar-refractivity contribution in [2.45, 2.75) is 38.3 Å². The van der Waals surface area contributed by atoms with Gasteiger partial charge in [0.05, 0.1) is 6.54 Å². The van der Waals surface area contributed by atoms with E-state index in [0.717, 1.165) is 18.4 Å². The Morgan fingerprint density at radius 3 is 2.64 bits per heavy atom. The number of halogens is 2. The van der Waals surface area contributed by atoms with Crippen molar-refractivity contribution in [1.82, 2.24) is 15.1 Å². The lowest BCUT2D eigenvalue weighted by Gasteiger charge is -2.23. The van der Waals surface area contributed by atoms with Gasteiger partial charge in [-0.2, -0.15) is 0 Å². The molecule has 1 saturated carbocycles. The predicted octanol–water partition coefficient (Wildman–Crippen LogP) is 4.65. The van der Waals surface area contributed by atoms with Crippen molar-refractivity contribution in [2.75, 3.05) is 0 Å². The van der Waals surface area contributed by atoms with Crippen molar-refractivity contribution in [3.63, 3.8) is 0 Å². The second-order valence-corrected chi connectivity index (χ2v) is 7.23. The van der Waals surface area contributed by atoms with Crippen LogP contribution in [0.1, 0.15) is 30.7 Å². The summed E-state index contributed by atoms with van der Waals surface area (Å²) < 4.78 is 19.8. The maximum Gasteiger partial charge on any atom is 0.247 e. The van der Waals surface area contributed by atoms with E-state index in [1.54, 1.807) is 17.0 Å². The summed E-state index contributed by atoms with van der Waals surface area (Å²) in [5.74, 6) is 0.378. The molecule has 0 unspecified atom stereocenters. The second kappa shape index (κ2) is 8.10. The van der Waals surface area contributed by atoms with Gasteiger partial charge in [0, 0.05) is 35.0 Å². The standard InChI is InChI=1S/C21H19ClFN3O2/c22-17-7-4-8-18(23)16(17)13-26(15-9-10-15)20(27)12-11-19-24-25-21(28-19)14-5-2-1-3-6-14/h1-8,15H,9-13H2. The van der Waals surface area contributed by atoms with Gasteiger partial charge in [0.1, 0.15) is 5.82 Å². The van der Waals surface area contributed by atoms with Gasteiger partial charge in [0.15, 0.2) is 0 Å². The SMILES string of the molecule is O=C(CCc1nnc(-c2ccccc2)o1)N(Cc1c(F)cccc1Cl)C1CC1. The quantitative estimate of drug-likeness (QED) is 0.580. The van der Waals surface area contributed by atoms with Crippen LogP contribution in [0.25, 0.3) is 11.5 Å². The highest BCUT2D eigenvalue weighted by atomic mass is 35.5. The van der Waals surface area contributed by atoms with Crippen molar-refractivity contribution in [3.05, 3.63) is 70.8 Å². The van der Waals surface area contributed by atoms with Crippen LogP contribution in [0.5, 0.6) is 0 Å². The van der Waals surface area contributed by atoms with Gasteiger partial charge >= 0.3 is 0 Å². The Bertz CT molecular complexity index is 953. The minimum atomic E-state index is -0.393. The summed E-state index contributed by atoms with van der Waals surface area (Å²) in [6.45, 7) is 0.175. The predicted molar refractivity (Wildman–Crippen MR) is 103 cm³/mol. The normalized spacial score (nSPS) is 13.5. The second-order valence-electron chi connectivity index (χ2n) is 6.82. The Morgan fingerprint density at radius 1 is 1.14 bits per heavy atom. The molecule has 1 amide bonds. The molecular weight excluding hydrogens is 381 g/mol. The molecule has 2 aromatic carbocycles. The van der Waals surface area contributed by atoms with Crippen LogP contribution in [-0.2, 0) is 17.8 Å². The molecule has 0 saturated heterocycles. The van der Waals surface area contributed by atoms with Crippen LogP contribution in [0, 0.1) is 5.82 Å². The molecule has 1 aromatic heterocycles. The van der Waals surface area contributed by atoms with E-state index >= 15 is 0 Å². The van der Waals surface area contributed by atoms with Gasteiger partial charge in [-0.3, -0.25) is 4.79 Å². The highest BCUT2D eigenvalue weighted by Gasteiger charge is 2.33. The van der Waals surface area contributed by atoms with E-state index in [1.165, 1.54) is 6.07 Å². The first kappa shape index (κ1) is 18.6. The third-order valence-electron chi connectivity index (χ3n) is 4.74. The molecule has 7 heteroatoms. The monoisotopic (exact) mass is 399 g/mol. The first-order chi connectivity index (χ1) is 13.6. The van der Waals surface area contributed by atoms with Gasteiger partial charge in [0.2, 0.25) is 17.7 Å². The largest absolute Gasteiger partial charge is 0.421 e. The Hall–Kier alpha value is -2.73. The number of nitrogens with zero attached hydrogens (tertiary/aromatic N) is 3. The molecule has 1 aliphatic rings. The molecular formula is C21H19ClFN3O2. The summed E-state index contributed by atoms with van der Waals surface area (Å²) in [6.07, 6.45) is 2.42. The number of amides is 1. The van der Waals surface area contributed by atoms with E-state index in [2.05, 4.69) is 10.2 Å². The number of aromatic nitrogens is 2. The van der Waals surface area contributed by atoms with E-state index < -0.39 is 5.82 Å². The van der Waals surface area contributed by atoms with Crippen LogP contribution in [0.3, 0.4) is 0 Å². The van der Waals surface area contributed by atoms with Crippen LogP contribution in [0.2, 0.25) is 5.02 Å². The molecule has 1 heterocycles. The fourth-order valence-electron chi connectivity index (χ4n) is 3.07. The first-order valence-corrected chi connectivity index (χ1v) is 9.60. The molecule has 1 aliphatic carbocycles. The van der Waals surface area contributed by atoms with Crippen LogP contribution in [-0.4, -0.2) is 27.0 Å². The lowest BCUT2D eigenvalue weighted by molar-refractivity contribution is -0.132. The van der Waals surface area contributed by atoms with Gasteiger partial charge in [-0.25, -0.2) is 4.39 Å². The fourth-order valence-corrected chi connectivity index (χ4v) is 3.29. The highest BCUT2D eigenvalue weighted by molar-refractivity contribution is 6.31. The lowest BCUT2D eigenvalue weighted by Crippen LogP contribution is -2.33. The molecule has 144 valence electrons. The molecule has 0 radical (unpaired) electrons. The molecule has 1 fully saturated rings. The zero-order chi connectivity index (χ0) is 19.5. The van der Waals surface area contributed by atoms with Crippen molar-refractivity contribution in [1.29, 1.82) is 0 Å². The summed E-state index contributed by atoms with van der Waals surface area (Å²) in [4.78, 5) is 14.5.